The Morgan fingerprint density at radius 3 is 3.14 bits per heavy atom. The van der Waals surface area contributed by atoms with Crippen LogP contribution in [0.25, 0.3) is 0 Å². The number of hydrogen-bond acceptors (Lipinski definition) is 3. The highest BCUT2D eigenvalue weighted by molar-refractivity contribution is 5.78. The first-order valence-electron chi connectivity index (χ1n) is 4.87. The number of aryl methyl sites for hydroxylation is 1. The van der Waals surface area contributed by atoms with Crippen molar-refractivity contribution in [1.29, 1.82) is 0 Å². The Hall–Kier alpha value is -1.29. The molecule has 1 fully saturated rings. The summed E-state index contributed by atoms with van der Waals surface area (Å²) in [5.41, 5.74) is 0. The topological polar surface area (TPSA) is 54.3 Å². The van der Waals surface area contributed by atoms with Crippen molar-refractivity contribution in [2.45, 2.75) is 18.9 Å². The van der Waals surface area contributed by atoms with Gasteiger partial charge >= 0.3 is 0 Å². The fraction of sp³-hybridized carbons (Fsp3) is 0.500. The van der Waals surface area contributed by atoms with Crippen LogP contribution in [-0.2, 0) is 11.2 Å². The zero-order valence-corrected chi connectivity index (χ0v) is 7.95. The van der Waals surface area contributed by atoms with Crippen molar-refractivity contribution in [2.24, 2.45) is 0 Å². The monoisotopic (exact) mass is 194 g/mol. The van der Waals surface area contributed by atoms with Gasteiger partial charge in [0.05, 0.1) is 12.8 Å². The molecular formula is C10H14N2O2. The zero-order valence-electron chi connectivity index (χ0n) is 7.95. The maximum absolute atomic E-state index is 10.8. The molecular weight excluding hydrogens is 180 g/mol. The highest BCUT2D eigenvalue weighted by Crippen LogP contribution is 2.06. The third-order valence-corrected chi connectivity index (χ3v) is 2.42. The van der Waals surface area contributed by atoms with Crippen LogP contribution in [-0.4, -0.2) is 25.0 Å². The van der Waals surface area contributed by atoms with Crippen molar-refractivity contribution in [1.82, 2.24) is 10.6 Å². The van der Waals surface area contributed by atoms with Crippen LogP contribution in [0.5, 0.6) is 0 Å². The van der Waals surface area contributed by atoms with Crippen molar-refractivity contribution < 1.29 is 9.21 Å². The molecule has 0 bridgehead atoms. The van der Waals surface area contributed by atoms with E-state index < -0.39 is 0 Å². The van der Waals surface area contributed by atoms with Crippen LogP contribution in [0, 0.1) is 0 Å². The molecule has 1 unspecified atom stereocenters. The van der Waals surface area contributed by atoms with Gasteiger partial charge in [-0.25, -0.2) is 0 Å². The van der Waals surface area contributed by atoms with Crippen LogP contribution in [0.4, 0.5) is 0 Å². The molecule has 2 heterocycles. The number of piperazine rings is 1. The summed E-state index contributed by atoms with van der Waals surface area (Å²) in [7, 11) is 0. The van der Waals surface area contributed by atoms with E-state index in [-0.39, 0.29) is 5.91 Å². The summed E-state index contributed by atoms with van der Waals surface area (Å²) in [5.74, 6) is 1.09. The minimum absolute atomic E-state index is 0.0826. The molecule has 1 aliphatic heterocycles. The first-order valence-corrected chi connectivity index (χ1v) is 4.87. The third kappa shape index (κ3) is 2.35. The van der Waals surface area contributed by atoms with Crippen LogP contribution < -0.4 is 10.6 Å². The summed E-state index contributed by atoms with van der Waals surface area (Å²) in [4.78, 5) is 10.8. The maximum atomic E-state index is 10.8. The van der Waals surface area contributed by atoms with Crippen molar-refractivity contribution in [3.8, 4) is 0 Å². The van der Waals surface area contributed by atoms with Crippen LogP contribution in [0.1, 0.15) is 12.2 Å². The fourth-order valence-electron chi connectivity index (χ4n) is 1.58. The maximum Gasteiger partial charge on any atom is 0.234 e. The zero-order chi connectivity index (χ0) is 9.80. The molecule has 1 aromatic rings. The van der Waals surface area contributed by atoms with Gasteiger partial charge in [-0.2, -0.15) is 0 Å². The van der Waals surface area contributed by atoms with Gasteiger partial charge in [-0.3, -0.25) is 4.79 Å². The first kappa shape index (κ1) is 9.27. The van der Waals surface area contributed by atoms with Gasteiger partial charge in [0.2, 0.25) is 5.91 Å². The van der Waals surface area contributed by atoms with E-state index in [2.05, 4.69) is 10.6 Å². The molecule has 1 saturated heterocycles. The van der Waals surface area contributed by atoms with Gasteiger partial charge in [-0.15, -0.1) is 0 Å². The van der Waals surface area contributed by atoms with Gasteiger partial charge in [0.1, 0.15) is 5.76 Å². The van der Waals surface area contributed by atoms with Crippen LogP contribution in [0.2, 0.25) is 0 Å². The summed E-state index contributed by atoms with van der Waals surface area (Å²) >= 11 is 0. The van der Waals surface area contributed by atoms with E-state index in [1.165, 1.54) is 0 Å². The van der Waals surface area contributed by atoms with Crippen molar-refractivity contribution in [3.63, 3.8) is 0 Å². The minimum atomic E-state index is 0.0826. The molecule has 14 heavy (non-hydrogen) atoms. The standard InChI is InChI=1S/C10H14N2O2/c13-10-7-11-8(6-12-10)3-4-9-2-1-5-14-9/h1-2,5,8,11H,3-4,6-7H2,(H,12,13). The lowest BCUT2D eigenvalue weighted by atomic mass is 10.1. The Bertz CT molecular complexity index is 285. The fourth-order valence-corrected chi connectivity index (χ4v) is 1.58. The second-order valence-corrected chi connectivity index (χ2v) is 3.50. The van der Waals surface area contributed by atoms with E-state index in [0.717, 1.165) is 25.1 Å². The normalized spacial score (nSPS) is 22.0. The predicted molar refractivity (Wildman–Crippen MR) is 51.8 cm³/mol. The van der Waals surface area contributed by atoms with Gasteiger partial charge in [0.15, 0.2) is 0 Å². The number of rotatable bonds is 3. The SMILES string of the molecule is O=C1CNC(CCc2ccco2)CN1. The van der Waals surface area contributed by atoms with Crippen molar-refractivity contribution >= 4 is 5.91 Å². The highest BCUT2D eigenvalue weighted by atomic mass is 16.3. The van der Waals surface area contributed by atoms with E-state index in [4.69, 9.17) is 4.42 Å². The second-order valence-electron chi connectivity index (χ2n) is 3.50. The Kier molecular flexibility index (Phi) is 2.84. The number of carbonyl (C=O) groups excluding carboxylic acids is 1. The molecule has 0 spiro atoms. The Labute approximate surface area is 82.7 Å². The number of furan rings is 1. The lowest BCUT2D eigenvalue weighted by molar-refractivity contribution is -0.121. The van der Waals surface area contributed by atoms with Gasteiger partial charge < -0.3 is 15.1 Å². The molecule has 0 radical (unpaired) electrons. The number of hydrogen-bond donors (Lipinski definition) is 2. The molecule has 0 saturated carbocycles. The van der Waals surface area contributed by atoms with E-state index in [1.54, 1.807) is 6.26 Å². The van der Waals surface area contributed by atoms with Crippen molar-refractivity contribution in [2.75, 3.05) is 13.1 Å². The van der Waals surface area contributed by atoms with Crippen LogP contribution in [0.15, 0.2) is 22.8 Å². The number of amides is 1. The van der Waals surface area contributed by atoms with Gasteiger partial charge in [-0.05, 0) is 18.6 Å². The average molecular weight is 194 g/mol. The second kappa shape index (κ2) is 4.28. The lowest BCUT2D eigenvalue weighted by Crippen LogP contribution is -2.51. The largest absolute Gasteiger partial charge is 0.469 e. The molecule has 4 heteroatoms. The predicted octanol–water partition coefficient (Wildman–Crippen LogP) is 0.300. The first-order chi connectivity index (χ1) is 6.84. The number of nitrogens with one attached hydrogen (secondary N) is 2. The molecule has 1 aliphatic rings. The lowest BCUT2D eigenvalue weighted by Gasteiger charge is -2.23. The smallest absolute Gasteiger partial charge is 0.234 e. The molecule has 0 aromatic carbocycles. The molecule has 0 aliphatic carbocycles. The molecule has 76 valence electrons. The van der Waals surface area contributed by atoms with E-state index in [0.29, 0.717) is 12.6 Å². The Balaban J connectivity index is 1.73. The van der Waals surface area contributed by atoms with E-state index in [1.807, 2.05) is 12.1 Å². The molecule has 4 nitrogen and oxygen atoms in total. The molecule has 1 aromatic heterocycles. The van der Waals surface area contributed by atoms with Gasteiger partial charge in [0, 0.05) is 19.0 Å². The highest BCUT2D eigenvalue weighted by Gasteiger charge is 2.16. The van der Waals surface area contributed by atoms with Gasteiger partial charge in [-0.1, -0.05) is 0 Å². The summed E-state index contributed by atoms with van der Waals surface area (Å²) in [6, 6.07) is 4.24. The Morgan fingerprint density at radius 2 is 2.50 bits per heavy atom. The minimum Gasteiger partial charge on any atom is -0.469 e. The summed E-state index contributed by atoms with van der Waals surface area (Å²) in [6.07, 6.45) is 3.60. The number of carbonyl (C=O) groups is 1. The summed E-state index contributed by atoms with van der Waals surface area (Å²) in [6.45, 7) is 1.16. The molecule has 2 N–H and O–H groups in total. The Morgan fingerprint density at radius 1 is 1.57 bits per heavy atom. The molecule has 1 atom stereocenters. The quantitative estimate of drug-likeness (QED) is 0.727. The van der Waals surface area contributed by atoms with E-state index >= 15 is 0 Å². The summed E-state index contributed by atoms with van der Waals surface area (Å²) in [5, 5.41) is 6.01. The molecule has 1 amide bonds. The van der Waals surface area contributed by atoms with Crippen molar-refractivity contribution in [3.05, 3.63) is 24.2 Å². The summed E-state index contributed by atoms with van der Waals surface area (Å²) < 4.78 is 5.23. The average Bonchev–Trinajstić information content (AvgIpc) is 2.70. The van der Waals surface area contributed by atoms with Gasteiger partial charge in [0.25, 0.3) is 0 Å². The molecule has 2 rings (SSSR count). The third-order valence-electron chi connectivity index (χ3n) is 2.42. The van der Waals surface area contributed by atoms with E-state index in [9.17, 15) is 4.79 Å². The van der Waals surface area contributed by atoms with Crippen LogP contribution in [0.3, 0.4) is 0 Å². The van der Waals surface area contributed by atoms with Crippen LogP contribution >= 0.6 is 0 Å².